The van der Waals surface area contributed by atoms with Crippen LogP contribution in [0.15, 0.2) is 72.4 Å². The Morgan fingerprint density at radius 1 is 1.00 bits per heavy atom. The van der Waals surface area contributed by atoms with Gasteiger partial charge in [0, 0.05) is 5.56 Å². The minimum atomic E-state index is -0.0241. The van der Waals surface area contributed by atoms with Crippen LogP contribution in [0, 0.1) is 12.1 Å². The van der Waals surface area contributed by atoms with Gasteiger partial charge in [-0.2, -0.15) is 0 Å². The maximum atomic E-state index is 12.4. The quantitative estimate of drug-likeness (QED) is 0.389. The monoisotopic (exact) mass is 332 g/mol. The molecule has 0 heterocycles. The van der Waals surface area contributed by atoms with Gasteiger partial charge < -0.3 is 9.47 Å². The van der Waals surface area contributed by atoms with Crippen molar-refractivity contribution >= 4 is 5.78 Å². The topological polar surface area (TPSA) is 35.5 Å². The molecule has 2 rings (SSSR count). The summed E-state index contributed by atoms with van der Waals surface area (Å²) in [5.41, 5.74) is 2.27. The third-order valence-corrected chi connectivity index (χ3v) is 3.54. The van der Waals surface area contributed by atoms with Crippen molar-refractivity contribution in [1.82, 2.24) is 0 Å². The van der Waals surface area contributed by atoms with Gasteiger partial charge in [0.2, 0.25) is 0 Å². The van der Waals surface area contributed by atoms with Crippen molar-refractivity contribution in [2.45, 2.75) is 13.8 Å². The largest absolute Gasteiger partial charge is 0.489 e. The van der Waals surface area contributed by atoms with E-state index < -0.39 is 0 Å². The number of rotatable bonds is 7. The number of hydrogen-bond acceptors (Lipinski definition) is 3. The molecule has 3 nitrogen and oxygen atoms in total. The second-order valence-corrected chi connectivity index (χ2v) is 5.44. The molecular formula is C22H20O3. The van der Waals surface area contributed by atoms with Crippen LogP contribution >= 0.6 is 0 Å². The molecule has 0 aromatic heterocycles. The van der Waals surface area contributed by atoms with Gasteiger partial charge in [0.05, 0.1) is 7.11 Å². The Labute approximate surface area is 148 Å². The van der Waals surface area contributed by atoms with E-state index in [1.54, 1.807) is 62.6 Å². The fourth-order valence-electron chi connectivity index (χ4n) is 1.97. The predicted molar refractivity (Wildman–Crippen MR) is 99.2 cm³/mol. The zero-order valence-corrected chi connectivity index (χ0v) is 14.6. The molecule has 0 N–H and O–H groups in total. The molecule has 2 aromatic rings. The number of carbonyl (C=O) groups excluding carboxylic acids is 1. The lowest BCUT2D eigenvalue weighted by molar-refractivity contribution is 0.103. The second kappa shape index (κ2) is 8.56. The standard InChI is InChI=1S/C22H20O3/c1-5-16(2)6-7-17(3)22(23)18-8-10-20(11-9-18)25-21-14-12-19(24-4)13-15-21/h5-12,14H,1H2,2-4H3/b16-6-,17-7+. The van der Waals surface area contributed by atoms with E-state index in [2.05, 4.69) is 18.7 Å². The molecule has 0 saturated carbocycles. The van der Waals surface area contributed by atoms with Crippen molar-refractivity contribution < 1.29 is 14.3 Å². The van der Waals surface area contributed by atoms with Crippen molar-refractivity contribution in [3.05, 3.63) is 90.0 Å². The van der Waals surface area contributed by atoms with Gasteiger partial charge in [-0.3, -0.25) is 4.79 Å². The van der Waals surface area contributed by atoms with Crippen LogP contribution in [0.25, 0.3) is 0 Å². The summed E-state index contributed by atoms with van der Waals surface area (Å²) in [6.07, 6.45) is 5.41. The first-order valence-electron chi connectivity index (χ1n) is 7.81. The summed E-state index contributed by atoms with van der Waals surface area (Å²) >= 11 is 0. The summed E-state index contributed by atoms with van der Waals surface area (Å²) < 4.78 is 10.7. The van der Waals surface area contributed by atoms with E-state index >= 15 is 0 Å². The van der Waals surface area contributed by atoms with E-state index in [1.165, 1.54) is 0 Å². The van der Waals surface area contributed by atoms with Crippen molar-refractivity contribution in [3.8, 4) is 17.2 Å². The van der Waals surface area contributed by atoms with Gasteiger partial charge in [-0.05, 0) is 68.0 Å². The highest BCUT2D eigenvalue weighted by Crippen LogP contribution is 2.22. The van der Waals surface area contributed by atoms with Crippen LogP contribution in [0.1, 0.15) is 24.2 Å². The van der Waals surface area contributed by atoms with Crippen LogP contribution in [0.4, 0.5) is 0 Å². The number of hydrogen-bond donors (Lipinski definition) is 0. The molecule has 0 fully saturated rings. The lowest BCUT2D eigenvalue weighted by Gasteiger charge is -2.05. The fraction of sp³-hybridized carbons (Fsp3) is 0.136. The first-order chi connectivity index (χ1) is 12.0. The summed E-state index contributed by atoms with van der Waals surface area (Å²) in [5.74, 6) is 1.72. The number of allylic oxidation sites excluding steroid dienone is 5. The first kappa shape index (κ1) is 18.1. The Morgan fingerprint density at radius 3 is 2.20 bits per heavy atom. The molecule has 0 radical (unpaired) electrons. The Morgan fingerprint density at radius 2 is 1.64 bits per heavy atom. The molecule has 0 bridgehead atoms. The van der Waals surface area contributed by atoms with Crippen LogP contribution in [0.5, 0.6) is 17.2 Å². The Hall–Kier alpha value is -3.25. The Balaban J connectivity index is 2.08. The van der Waals surface area contributed by atoms with E-state index in [9.17, 15) is 4.79 Å². The average molecular weight is 332 g/mol. The van der Waals surface area contributed by atoms with Gasteiger partial charge >= 0.3 is 0 Å². The maximum absolute atomic E-state index is 12.4. The Kier molecular flexibility index (Phi) is 6.20. The van der Waals surface area contributed by atoms with Crippen molar-refractivity contribution in [2.24, 2.45) is 0 Å². The third kappa shape index (κ3) is 5.12. The number of carbonyl (C=O) groups is 1. The van der Waals surface area contributed by atoms with Gasteiger partial charge in [-0.1, -0.05) is 30.4 Å². The predicted octanol–water partition coefficient (Wildman–Crippen LogP) is 5.35. The van der Waals surface area contributed by atoms with E-state index in [-0.39, 0.29) is 5.78 Å². The first-order valence-corrected chi connectivity index (χ1v) is 7.81. The zero-order chi connectivity index (χ0) is 18.2. The molecule has 25 heavy (non-hydrogen) atoms. The normalized spacial score (nSPS) is 11.5. The smallest absolute Gasteiger partial charge is 0.188 e. The fourth-order valence-corrected chi connectivity index (χ4v) is 1.97. The highest BCUT2D eigenvalue weighted by molar-refractivity contribution is 6.08. The van der Waals surface area contributed by atoms with Gasteiger partial charge in [0.25, 0.3) is 0 Å². The van der Waals surface area contributed by atoms with Gasteiger partial charge in [-0.25, -0.2) is 0 Å². The number of ether oxygens (including phenoxy) is 2. The number of benzene rings is 1. The van der Waals surface area contributed by atoms with E-state index in [1.807, 2.05) is 13.0 Å². The molecule has 3 heteroatoms. The van der Waals surface area contributed by atoms with E-state index in [0.29, 0.717) is 28.4 Å². The Bertz CT molecular complexity index is 794. The van der Waals surface area contributed by atoms with E-state index in [0.717, 1.165) is 5.57 Å². The van der Waals surface area contributed by atoms with Crippen LogP contribution in [0.3, 0.4) is 0 Å². The summed E-state index contributed by atoms with van der Waals surface area (Å²) in [6, 6.07) is 16.2. The zero-order valence-electron chi connectivity index (χ0n) is 14.6. The van der Waals surface area contributed by atoms with E-state index in [4.69, 9.17) is 9.47 Å². The van der Waals surface area contributed by atoms with Crippen molar-refractivity contribution in [2.75, 3.05) is 7.11 Å². The minimum Gasteiger partial charge on any atom is -0.489 e. The number of Topliss-reactive ketones (excluding diaryl/α,β-unsaturated/α-hetero) is 1. The average Bonchev–Trinajstić information content (AvgIpc) is 2.66. The molecule has 0 aliphatic carbocycles. The molecule has 126 valence electrons. The summed E-state index contributed by atoms with van der Waals surface area (Å²) in [4.78, 5) is 12.4. The molecule has 0 spiro atoms. The lowest BCUT2D eigenvalue weighted by atomic mass is 10.0. The minimum absolute atomic E-state index is 0.0241. The maximum Gasteiger partial charge on any atom is 0.188 e. The van der Waals surface area contributed by atoms with Gasteiger partial charge in [0.15, 0.2) is 17.3 Å². The SMILES string of the molecule is C=C/C(C)=C\C=C(/C)C(=O)c1ccc(Oc2c#cc(OC)cc2)cc1. The third-order valence-electron chi connectivity index (χ3n) is 3.54. The highest BCUT2D eigenvalue weighted by atomic mass is 16.5. The molecule has 0 saturated heterocycles. The number of ketones is 1. The molecule has 0 unspecified atom stereocenters. The second-order valence-electron chi connectivity index (χ2n) is 5.44. The molecule has 2 aromatic carbocycles. The van der Waals surface area contributed by atoms with Crippen molar-refractivity contribution in [3.63, 3.8) is 0 Å². The number of methoxy groups -OCH3 is 1. The van der Waals surface area contributed by atoms with Crippen LogP contribution in [-0.2, 0) is 0 Å². The summed E-state index contributed by atoms with van der Waals surface area (Å²) in [7, 11) is 1.57. The molecular weight excluding hydrogens is 312 g/mol. The molecule has 0 amide bonds. The molecule has 0 atom stereocenters. The van der Waals surface area contributed by atoms with Crippen LogP contribution < -0.4 is 9.47 Å². The van der Waals surface area contributed by atoms with Gasteiger partial charge in [0.1, 0.15) is 5.75 Å². The molecule has 0 aliphatic heterocycles. The highest BCUT2D eigenvalue weighted by Gasteiger charge is 2.08. The summed E-state index contributed by atoms with van der Waals surface area (Å²) in [5, 5.41) is 0. The summed E-state index contributed by atoms with van der Waals surface area (Å²) in [6.45, 7) is 7.41. The van der Waals surface area contributed by atoms with Crippen LogP contribution in [0.2, 0.25) is 0 Å². The van der Waals surface area contributed by atoms with Crippen molar-refractivity contribution in [1.29, 1.82) is 0 Å². The molecule has 0 aliphatic rings. The van der Waals surface area contributed by atoms with Gasteiger partial charge in [-0.15, -0.1) is 0 Å². The van der Waals surface area contributed by atoms with Crippen LogP contribution in [-0.4, -0.2) is 12.9 Å². The lowest BCUT2D eigenvalue weighted by Crippen LogP contribution is -2.00.